The summed E-state index contributed by atoms with van der Waals surface area (Å²) in [5.74, 6) is 0.703. The number of nitrogens with zero attached hydrogens (tertiary/aromatic N) is 2. The van der Waals surface area contributed by atoms with E-state index >= 15 is 0 Å². The Balaban J connectivity index is 2.04. The monoisotopic (exact) mass is 218 g/mol. The van der Waals surface area contributed by atoms with Gasteiger partial charge in [-0.05, 0) is 56.8 Å². The lowest BCUT2D eigenvalue weighted by molar-refractivity contribution is 0.148. The number of hydrogen-bond donors (Lipinski definition) is 0. The molecule has 1 aliphatic heterocycles. The van der Waals surface area contributed by atoms with Gasteiger partial charge in [0.1, 0.15) is 0 Å². The van der Waals surface area contributed by atoms with Crippen molar-refractivity contribution in [1.82, 2.24) is 9.88 Å². The van der Waals surface area contributed by atoms with Crippen LogP contribution in [0, 0.1) is 0 Å². The third kappa shape index (κ3) is 2.27. The molecule has 1 aromatic rings. The number of aromatic nitrogens is 1. The van der Waals surface area contributed by atoms with Crippen LogP contribution in [0.1, 0.15) is 45.1 Å². The molecule has 0 aliphatic carbocycles. The standard InChI is InChI=1S/C14H22N2/c1-4-14(2,3)16-10-7-13(11-16)12-5-8-15-9-6-12/h5-6,8-9,13H,4,7,10-11H2,1-3H3. The summed E-state index contributed by atoms with van der Waals surface area (Å²) in [4.78, 5) is 6.71. The van der Waals surface area contributed by atoms with Crippen LogP contribution < -0.4 is 0 Å². The van der Waals surface area contributed by atoms with Crippen molar-refractivity contribution in [3.05, 3.63) is 30.1 Å². The maximum atomic E-state index is 4.09. The van der Waals surface area contributed by atoms with Gasteiger partial charge in [0, 0.05) is 24.5 Å². The molecule has 2 heterocycles. The maximum absolute atomic E-state index is 4.09. The molecule has 2 nitrogen and oxygen atoms in total. The third-order valence-electron chi connectivity index (χ3n) is 4.09. The topological polar surface area (TPSA) is 16.1 Å². The molecule has 0 amide bonds. The molecule has 2 rings (SSSR count). The Labute approximate surface area is 98.7 Å². The van der Waals surface area contributed by atoms with Crippen LogP contribution in [0.25, 0.3) is 0 Å². The second-order valence-electron chi connectivity index (χ2n) is 5.38. The van der Waals surface area contributed by atoms with Crippen molar-refractivity contribution >= 4 is 0 Å². The first kappa shape index (κ1) is 11.6. The van der Waals surface area contributed by atoms with Crippen LogP contribution in [0.15, 0.2) is 24.5 Å². The first-order chi connectivity index (χ1) is 7.63. The largest absolute Gasteiger partial charge is 0.298 e. The molecule has 0 spiro atoms. The van der Waals surface area contributed by atoms with Gasteiger partial charge in [-0.1, -0.05) is 6.92 Å². The molecule has 1 unspecified atom stereocenters. The Morgan fingerprint density at radius 1 is 1.38 bits per heavy atom. The van der Waals surface area contributed by atoms with Crippen molar-refractivity contribution in [2.75, 3.05) is 13.1 Å². The van der Waals surface area contributed by atoms with E-state index in [1.165, 1.54) is 31.5 Å². The smallest absolute Gasteiger partial charge is 0.0270 e. The van der Waals surface area contributed by atoms with Crippen molar-refractivity contribution in [2.45, 2.75) is 45.1 Å². The van der Waals surface area contributed by atoms with E-state index < -0.39 is 0 Å². The lowest BCUT2D eigenvalue weighted by atomic mass is 9.98. The summed E-state index contributed by atoms with van der Waals surface area (Å²) < 4.78 is 0. The average Bonchev–Trinajstić information content (AvgIpc) is 2.80. The molecule has 2 heteroatoms. The van der Waals surface area contributed by atoms with Gasteiger partial charge in [-0.3, -0.25) is 9.88 Å². The quantitative estimate of drug-likeness (QED) is 0.775. The summed E-state index contributed by atoms with van der Waals surface area (Å²) >= 11 is 0. The number of hydrogen-bond acceptors (Lipinski definition) is 2. The van der Waals surface area contributed by atoms with Gasteiger partial charge in [0.15, 0.2) is 0 Å². The van der Waals surface area contributed by atoms with Gasteiger partial charge >= 0.3 is 0 Å². The molecular weight excluding hydrogens is 196 g/mol. The zero-order valence-corrected chi connectivity index (χ0v) is 10.6. The van der Waals surface area contributed by atoms with Crippen molar-refractivity contribution in [1.29, 1.82) is 0 Å². The summed E-state index contributed by atoms with van der Waals surface area (Å²) in [6.45, 7) is 9.41. The Morgan fingerprint density at radius 2 is 2.06 bits per heavy atom. The van der Waals surface area contributed by atoms with Gasteiger partial charge in [0.05, 0.1) is 0 Å². The average molecular weight is 218 g/mol. The minimum absolute atomic E-state index is 0.349. The van der Waals surface area contributed by atoms with E-state index in [9.17, 15) is 0 Å². The van der Waals surface area contributed by atoms with Crippen molar-refractivity contribution in [2.24, 2.45) is 0 Å². The van der Waals surface area contributed by atoms with E-state index in [4.69, 9.17) is 0 Å². The Kier molecular flexibility index (Phi) is 3.29. The summed E-state index contributed by atoms with van der Waals surface area (Å²) in [5, 5.41) is 0. The van der Waals surface area contributed by atoms with E-state index in [1.54, 1.807) is 0 Å². The second-order valence-corrected chi connectivity index (χ2v) is 5.38. The van der Waals surface area contributed by atoms with Crippen molar-refractivity contribution in [3.8, 4) is 0 Å². The SMILES string of the molecule is CCC(C)(C)N1CCC(c2ccncc2)C1. The molecule has 0 saturated carbocycles. The molecule has 1 aliphatic rings. The molecule has 0 aromatic carbocycles. The highest BCUT2D eigenvalue weighted by Crippen LogP contribution is 2.32. The summed E-state index contributed by atoms with van der Waals surface area (Å²) in [5.41, 5.74) is 1.80. The summed E-state index contributed by atoms with van der Waals surface area (Å²) in [6, 6.07) is 4.32. The van der Waals surface area contributed by atoms with E-state index in [1.807, 2.05) is 12.4 Å². The molecule has 0 radical (unpaired) electrons. The predicted octanol–water partition coefficient (Wildman–Crippen LogP) is 3.06. The molecule has 1 atom stereocenters. The number of likely N-dealkylation sites (tertiary alicyclic amines) is 1. The Bertz CT molecular complexity index is 332. The van der Waals surface area contributed by atoms with Crippen LogP contribution in [0.2, 0.25) is 0 Å². The zero-order chi connectivity index (χ0) is 11.6. The summed E-state index contributed by atoms with van der Waals surface area (Å²) in [6.07, 6.45) is 6.31. The lowest BCUT2D eigenvalue weighted by Gasteiger charge is -2.34. The molecule has 0 bridgehead atoms. The predicted molar refractivity (Wildman–Crippen MR) is 67.5 cm³/mol. The van der Waals surface area contributed by atoms with Crippen LogP contribution in [0.3, 0.4) is 0 Å². The highest BCUT2D eigenvalue weighted by molar-refractivity contribution is 5.18. The zero-order valence-electron chi connectivity index (χ0n) is 10.6. The van der Waals surface area contributed by atoms with Crippen LogP contribution in [-0.2, 0) is 0 Å². The molecular formula is C14H22N2. The van der Waals surface area contributed by atoms with Crippen LogP contribution >= 0.6 is 0 Å². The molecule has 0 N–H and O–H groups in total. The molecule has 1 saturated heterocycles. The molecule has 1 aromatic heterocycles. The second kappa shape index (κ2) is 4.54. The van der Waals surface area contributed by atoms with E-state index in [0.717, 1.165) is 0 Å². The van der Waals surface area contributed by atoms with Gasteiger partial charge in [-0.15, -0.1) is 0 Å². The minimum atomic E-state index is 0.349. The minimum Gasteiger partial charge on any atom is -0.298 e. The van der Waals surface area contributed by atoms with Gasteiger partial charge in [0.25, 0.3) is 0 Å². The fourth-order valence-corrected chi connectivity index (χ4v) is 2.44. The van der Waals surface area contributed by atoms with Crippen LogP contribution in [0.5, 0.6) is 0 Å². The molecule has 1 fully saturated rings. The fourth-order valence-electron chi connectivity index (χ4n) is 2.44. The third-order valence-corrected chi connectivity index (χ3v) is 4.09. The van der Waals surface area contributed by atoms with Crippen molar-refractivity contribution in [3.63, 3.8) is 0 Å². The normalized spacial score (nSPS) is 22.6. The van der Waals surface area contributed by atoms with Gasteiger partial charge in [0.2, 0.25) is 0 Å². The maximum Gasteiger partial charge on any atom is 0.0270 e. The highest BCUT2D eigenvalue weighted by atomic mass is 15.2. The van der Waals surface area contributed by atoms with E-state index in [2.05, 4.69) is 42.8 Å². The van der Waals surface area contributed by atoms with Crippen LogP contribution in [-0.4, -0.2) is 28.5 Å². The first-order valence-corrected chi connectivity index (χ1v) is 6.28. The highest BCUT2D eigenvalue weighted by Gasteiger charge is 2.32. The van der Waals surface area contributed by atoms with Crippen LogP contribution in [0.4, 0.5) is 0 Å². The van der Waals surface area contributed by atoms with Gasteiger partial charge < -0.3 is 0 Å². The number of pyridine rings is 1. The first-order valence-electron chi connectivity index (χ1n) is 6.28. The Hall–Kier alpha value is -0.890. The summed E-state index contributed by atoms with van der Waals surface area (Å²) in [7, 11) is 0. The van der Waals surface area contributed by atoms with Gasteiger partial charge in [-0.25, -0.2) is 0 Å². The van der Waals surface area contributed by atoms with E-state index in [-0.39, 0.29) is 0 Å². The van der Waals surface area contributed by atoms with Gasteiger partial charge in [-0.2, -0.15) is 0 Å². The Morgan fingerprint density at radius 3 is 2.69 bits per heavy atom. The molecule has 88 valence electrons. The number of rotatable bonds is 3. The van der Waals surface area contributed by atoms with E-state index in [0.29, 0.717) is 11.5 Å². The molecule has 16 heavy (non-hydrogen) atoms. The lowest BCUT2D eigenvalue weighted by Crippen LogP contribution is -2.41. The fraction of sp³-hybridized carbons (Fsp3) is 0.643. The van der Waals surface area contributed by atoms with Crippen molar-refractivity contribution < 1.29 is 0 Å².